The standard InChI is InChI=1S/C18H17F2N3OS.ClH/c1-22(2)9-10-23(17(24)12-7-8-13(19)14(20)11-12)18-21-15-5-3-4-6-16(15)25-18;/h3-8,11H,9-10H2,1-2H3;1H. The number of amides is 1. The molecule has 0 saturated carbocycles. The van der Waals surface area contributed by atoms with Crippen LogP contribution in [0.5, 0.6) is 0 Å². The summed E-state index contributed by atoms with van der Waals surface area (Å²) in [6.07, 6.45) is 0. The van der Waals surface area contributed by atoms with Gasteiger partial charge >= 0.3 is 0 Å². The molecular formula is C18H18ClF2N3OS. The predicted molar refractivity (Wildman–Crippen MR) is 103 cm³/mol. The lowest BCUT2D eigenvalue weighted by Gasteiger charge is -2.22. The first kappa shape index (κ1) is 20.2. The number of hydrogen-bond donors (Lipinski definition) is 0. The van der Waals surface area contributed by atoms with Crippen molar-refractivity contribution < 1.29 is 13.6 Å². The lowest BCUT2D eigenvalue weighted by molar-refractivity contribution is 0.0984. The molecule has 138 valence electrons. The second-order valence-corrected chi connectivity index (χ2v) is 6.86. The molecule has 1 amide bonds. The molecular weight excluding hydrogens is 380 g/mol. The molecule has 0 aliphatic heterocycles. The number of halogens is 3. The molecule has 0 atom stereocenters. The van der Waals surface area contributed by atoms with Gasteiger partial charge in [-0.2, -0.15) is 0 Å². The number of carbonyl (C=O) groups excluding carboxylic acids is 1. The lowest BCUT2D eigenvalue weighted by Crippen LogP contribution is -2.36. The lowest BCUT2D eigenvalue weighted by atomic mass is 10.2. The highest BCUT2D eigenvalue weighted by Gasteiger charge is 2.22. The summed E-state index contributed by atoms with van der Waals surface area (Å²) in [5.74, 6) is -2.42. The molecule has 0 aliphatic rings. The van der Waals surface area contributed by atoms with Gasteiger partial charge in [0.25, 0.3) is 5.91 Å². The summed E-state index contributed by atoms with van der Waals surface area (Å²) in [6, 6.07) is 10.8. The Morgan fingerprint density at radius 1 is 1.08 bits per heavy atom. The minimum Gasteiger partial charge on any atom is -0.308 e. The summed E-state index contributed by atoms with van der Waals surface area (Å²) in [5, 5.41) is 0.540. The van der Waals surface area contributed by atoms with Crippen LogP contribution in [-0.4, -0.2) is 43.0 Å². The second-order valence-electron chi connectivity index (χ2n) is 5.85. The number of nitrogens with zero attached hydrogens (tertiary/aromatic N) is 3. The molecule has 1 aromatic heterocycles. The number of carbonyl (C=O) groups is 1. The highest BCUT2D eigenvalue weighted by molar-refractivity contribution is 7.22. The fourth-order valence-corrected chi connectivity index (χ4v) is 3.33. The van der Waals surface area contributed by atoms with Gasteiger partial charge in [-0.15, -0.1) is 12.4 Å². The van der Waals surface area contributed by atoms with Gasteiger partial charge in [0.15, 0.2) is 16.8 Å². The average molecular weight is 398 g/mol. The first-order valence-corrected chi connectivity index (χ1v) is 8.54. The third-order valence-electron chi connectivity index (χ3n) is 3.70. The third kappa shape index (κ3) is 4.35. The van der Waals surface area contributed by atoms with Crippen LogP contribution in [0.15, 0.2) is 42.5 Å². The summed E-state index contributed by atoms with van der Waals surface area (Å²) in [4.78, 5) is 20.9. The number of thiazole rings is 1. The van der Waals surface area contributed by atoms with E-state index in [0.29, 0.717) is 18.2 Å². The van der Waals surface area contributed by atoms with E-state index in [1.165, 1.54) is 22.3 Å². The van der Waals surface area contributed by atoms with Gasteiger partial charge in [-0.3, -0.25) is 9.69 Å². The Labute approximate surface area is 160 Å². The fourth-order valence-electron chi connectivity index (χ4n) is 2.34. The van der Waals surface area contributed by atoms with Crippen LogP contribution in [0.1, 0.15) is 10.4 Å². The number of fused-ring (bicyclic) bond motifs is 1. The summed E-state index contributed by atoms with van der Waals surface area (Å²) in [7, 11) is 3.80. The van der Waals surface area contributed by atoms with Crippen LogP contribution in [0.4, 0.5) is 13.9 Å². The smallest absolute Gasteiger partial charge is 0.260 e. The summed E-state index contributed by atoms with van der Waals surface area (Å²) < 4.78 is 27.6. The zero-order valence-electron chi connectivity index (χ0n) is 14.3. The number of likely N-dealkylation sites (N-methyl/N-ethyl adjacent to an activating group) is 1. The van der Waals surface area contributed by atoms with Crippen molar-refractivity contribution in [3.05, 3.63) is 59.7 Å². The molecule has 0 spiro atoms. The van der Waals surface area contributed by atoms with Crippen molar-refractivity contribution in [1.29, 1.82) is 0 Å². The zero-order valence-corrected chi connectivity index (χ0v) is 15.9. The van der Waals surface area contributed by atoms with Crippen molar-refractivity contribution >= 4 is 45.0 Å². The molecule has 26 heavy (non-hydrogen) atoms. The summed E-state index contributed by atoms with van der Waals surface area (Å²) in [6.45, 7) is 1.01. The molecule has 1 heterocycles. The van der Waals surface area contributed by atoms with Gasteiger partial charge in [0.1, 0.15) is 0 Å². The van der Waals surface area contributed by atoms with E-state index < -0.39 is 17.5 Å². The van der Waals surface area contributed by atoms with Gasteiger partial charge in [0.05, 0.1) is 10.2 Å². The maximum atomic E-state index is 13.5. The van der Waals surface area contributed by atoms with E-state index in [-0.39, 0.29) is 18.0 Å². The van der Waals surface area contributed by atoms with Crippen LogP contribution in [-0.2, 0) is 0 Å². The summed E-state index contributed by atoms with van der Waals surface area (Å²) >= 11 is 1.40. The molecule has 0 saturated heterocycles. The molecule has 2 aromatic carbocycles. The Kier molecular flexibility index (Phi) is 6.63. The average Bonchev–Trinajstić information content (AvgIpc) is 3.00. The molecule has 3 rings (SSSR count). The van der Waals surface area contributed by atoms with Gasteiger partial charge < -0.3 is 4.90 Å². The van der Waals surface area contributed by atoms with Crippen molar-refractivity contribution in [1.82, 2.24) is 9.88 Å². The van der Waals surface area contributed by atoms with Gasteiger partial charge in [0.2, 0.25) is 0 Å². The normalized spacial score (nSPS) is 10.8. The van der Waals surface area contributed by atoms with Crippen molar-refractivity contribution in [2.24, 2.45) is 0 Å². The maximum Gasteiger partial charge on any atom is 0.260 e. The summed E-state index contributed by atoms with van der Waals surface area (Å²) in [5.41, 5.74) is 0.896. The highest BCUT2D eigenvalue weighted by Crippen LogP contribution is 2.29. The van der Waals surface area contributed by atoms with Crippen LogP contribution >= 0.6 is 23.7 Å². The van der Waals surface area contributed by atoms with Crippen molar-refractivity contribution in [3.8, 4) is 0 Å². The Balaban J connectivity index is 0.00000243. The van der Waals surface area contributed by atoms with Crippen LogP contribution in [0.2, 0.25) is 0 Å². The highest BCUT2D eigenvalue weighted by atomic mass is 35.5. The van der Waals surface area contributed by atoms with E-state index in [1.54, 1.807) is 0 Å². The van der Waals surface area contributed by atoms with Crippen LogP contribution in [0.3, 0.4) is 0 Å². The number of hydrogen-bond acceptors (Lipinski definition) is 4. The largest absolute Gasteiger partial charge is 0.308 e. The first-order valence-electron chi connectivity index (χ1n) is 7.73. The SMILES string of the molecule is CN(C)CCN(C(=O)c1ccc(F)c(F)c1)c1nc2ccccc2s1.Cl. The monoisotopic (exact) mass is 397 g/mol. The van der Waals surface area contributed by atoms with E-state index in [0.717, 1.165) is 22.3 Å². The van der Waals surface area contributed by atoms with Gasteiger partial charge in [0, 0.05) is 18.7 Å². The topological polar surface area (TPSA) is 36.4 Å². The van der Waals surface area contributed by atoms with Crippen molar-refractivity contribution in [2.45, 2.75) is 0 Å². The minimum absolute atomic E-state index is 0. The number of anilines is 1. The van der Waals surface area contributed by atoms with Crippen LogP contribution in [0.25, 0.3) is 10.2 Å². The number of aromatic nitrogens is 1. The third-order valence-corrected chi connectivity index (χ3v) is 4.76. The Hall–Kier alpha value is -2.09. The van der Waals surface area contributed by atoms with E-state index in [2.05, 4.69) is 4.98 Å². The number of rotatable bonds is 5. The van der Waals surface area contributed by atoms with Gasteiger partial charge in [-0.25, -0.2) is 13.8 Å². The maximum absolute atomic E-state index is 13.5. The van der Waals surface area contributed by atoms with E-state index in [1.807, 2.05) is 43.3 Å². The van der Waals surface area contributed by atoms with Crippen LogP contribution < -0.4 is 4.90 Å². The quantitative estimate of drug-likeness (QED) is 0.647. The minimum atomic E-state index is -1.04. The molecule has 0 radical (unpaired) electrons. The van der Waals surface area contributed by atoms with E-state index in [9.17, 15) is 13.6 Å². The molecule has 4 nitrogen and oxygen atoms in total. The van der Waals surface area contributed by atoms with E-state index in [4.69, 9.17) is 0 Å². The molecule has 0 N–H and O–H groups in total. The van der Waals surface area contributed by atoms with Crippen molar-refractivity contribution in [3.63, 3.8) is 0 Å². The zero-order chi connectivity index (χ0) is 18.0. The molecule has 0 unspecified atom stereocenters. The molecule has 3 aromatic rings. The number of benzene rings is 2. The Morgan fingerprint density at radius 3 is 2.46 bits per heavy atom. The van der Waals surface area contributed by atoms with E-state index >= 15 is 0 Å². The molecule has 8 heteroatoms. The van der Waals surface area contributed by atoms with Gasteiger partial charge in [-0.05, 0) is 44.4 Å². The van der Waals surface area contributed by atoms with Gasteiger partial charge in [-0.1, -0.05) is 23.5 Å². The first-order chi connectivity index (χ1) is 12.0. The fraction of sp³-hybridized carbons (Fsp3) is 0.222. The second kappa shape index (κ2) is 8.53. The molecule has 0 bridgehead atoms. The molecule has 0 aliphatic carbocycles. The number of para-hydroxylation sites is 1. The Morgan fingerprint density at radius 2 is 1.81 bits per heavy atom. The Bertz CT molecular complexity index is 883. The molecule has 0 fully saturated rings. The predicted octanol–water partition coefficient (Wildman–Crippen LogP) is 4.20. The van der Waals surface area contributed by atoms with Crippen LogP contribution in [0, 0.1) is 11.6 Å². The van der Waals surface area contributed by atoms with Crippen molar-refractivity contribution in [2.75, 3.05) is 32.1 Å².